The summed E-state index contributed by atoms with van der Waals surface area (Å²) >= 11 is 1.67. The van der Waals surface area contributed by atoms with Crippen LogP contribution in [0.5, 0.6) is 0 Å². The van der Waals surface area contributed by atoms with Crippen LogP contribution >= 0.6 is 11.3 Å². The summed E-state index contributed by atoms with van der Waals surface area (Å²) < 4.78 is 0. The smallest absolute Gasteiger partial charge is 0.239 e. The number of hydrogen-bond donors (Lipinski definition) is 4. The molecule has 1 saturated carbocycles. The normalized spacial score (nSPS) is 24.5. The fourth-order valence-electron chi connectivity index (χ4n) is 6.78. The maximum atomic E-state index is 13.7. The van der Waals surface area contributed by atoms with Gasteiger partial charge in [0.1, 0.15) is 0 Å². The highest BCUT2D eigenvalue weighted by Gasteiger charge is 2.32. The van der Waals surface area contributed by atoms with Crippen molar-refractivity contribution in [1.29, 1.82) is 0 Å². The number of unbranched alkanes of at least 4 members (excludes halogenated alkanes) is 1. The molecule has 0 unspecified atom stereocenters. The predicted octanol–water partition coefficient (Wildman–Crippen LogP) is 4.11. The van der Waals surface area contributed by atoms with E-state index in [1.807, 2.05) is 32.6 Å². The Hall–Kier alpha value is -2.53. The van der Waals surface area contributed by atoms with Gasteiger partial charge in [-0.15, -0.1) is 11.3 Å². The third-order valence-electron chi connectivity index (χ3n) is 9.26. The SMILES string of the molecule is Cc1sc2nc1CC(=O)N[C@@H](CCCCNC(=O)CC(C)(C)C)CC(=O)NCCC[C@H](NC1CCCC1)C(=O)N1CCC2CC1. The van der Waals surface area contributed by atoms with Gasteiger partial charge in [-0.25, -0.2) is 4.98 Å². The second-order valence-electron chi connectivity index (χ2n) is 14.6. The Bertz CT molecular complexity index is 1150. The topological polar surface area (TPSA) is 133 Å². The molecule has 4 N–H and O–H groups in total. The highest BCUT2D eigenvalue weighted by atomic mass is 32.1. The van der Waals surface area contributed by atoms with E-state index in [9.17, 15) is 19.2 Å². The Balaban J connectivity index is 1.40. The van der Waals surface area contributed by atoms with Crippen molar-refractivity contribution >= 4 is 35.0 Å². The van der Waals surface area contributed by atoms with Crippen LogP contribution in [0.25, 0.3) is 0 Å². The number of hydrogen-bond acceptors (Lipinski definition) is 7. The number of fused-ring (bicyclic) bond motifs is 13. The zero-order valence-electron chi connectivity index (χ0n) is 28.0. The van der Waals surface area contributed by atoms with Gasteiger partial charge in [0.25, 0.3) is 0 Å². The number of carbonyl (C=O) groups excluding carboxylic acids is 4. The molecule has 4 bridgehead atoms. The number of carbonyl (C=O) groups is 4. The van der Waals surface area contributed by atoms with Gasteiger partial charge in [-0.1, -0.05) is 33.6 Å². The van der Waals surface area contributed by atoms with Gasteiger partial charge in [0, 0.05) is 61.9 Å². The monoisotopic (exact) mass is 644 g/mol. The third-order valence-corrected chi connectivity index (χ3v) is 10.4. The van der Waals surface area contributed by atoms with E-state index < -0.39 is 0 Å². The minimum absolute atomic E-state index is 0.0489. The maximum absolute atomic E-state index is 13.7. The van der Waals surface area contributed by atoms with Crippen molar-refractivity contribution in [2.75, 3.05) is 26.2 Å². The number of aromatic nitrogens is 1. The molecule has 1 aromatic rings. The summed E-state index contributed by atoms with van der Waals surface area (Å²) in [6.45, 7) is 10.7. The molecule has 4 aliphatic rings. The molecule has 11 heteroatoms. The highest BCUT2D eigenvalue weighted by Crippen LogP contribution is 2.33. The highest BCUT2D eigenvalue weighted by molar-refractivity contribution is 7.11. The zero-order valence-corrected chi connectivity index (χ0v) is 28.8. The Morgan fingerprint density at radius 1 is 1.00 bits per heavy atom. The van der Waals surface area contributed by atoms with E-state index in [2.05, 4.69) is 21.3 Å². The van der Waals surface area contributed by atoms with Crippen molar-refractivity contribution in [2.24, 2.45) is 5.41 Å². The van der Waals surface area contributed by atoms with Crippen LogP contribution in [0.1, 0.15) is 126 Å². The molecule has 1 aliphatic carbocycles. The molecular weight excluding hydrogens is 588 g/mol. The summed E-state index contributed by atoms with van der Waals surface area (Å²) in [5, 5.41) is 13.9. The number of nitrogens with zero attached hydrogens (tertiary/aromatic N) is 2. The van der Waals surface area contributed by atoms with Crippen molar-refractivity contribution in [3.05, 3.63) is 15.6 Å². The van der Waals surface area contributed by atoms with Gasteiger partial charge >= 0.3 is 0 Å². The lowest BCUT2D eigenvalue weighted by Gasteiger charge is -2.34. The van der Waals surface area contributed by atoms with E-state index in [0.29, 0.717) is 50.7 Å². The number of thiazole rings is 1. The number of nitrogens with one attached hydrogen (secondary N) is 4. The number of piperidine rings is 1. The van der Waals surface area contributed by atoms with Crippen LogP contribution in [0.15, 0.2) is 0 Å². The first-order chi connectivity index (χ1) is 21.5. The van der Waals surface area contributed by atoms with E-state index in [4.69, 9.17) is 4.98 Å². The Labute approximate surface area is 273 Å². The summed E-state index contributed by atoms with van der Waals surface area (Å²) in [5.74, 6) is 0.317. The van der Waals surface area contributed by atoms with E-state index in [-0.39, 0.29) is 54.0 Å². The zero-order chi connectivity index (χ0) is 32.4. The van der Waals surface area contributed by atoms with Crippen LogP contribution in [-0.4, -0.2) is 77.8 Å². The lowest BCUT2D eigenvalue weighted by Crippen LogP contribution is -2.51. The molecule has 45 heavy (non-hydrogen) atoms. The summed E-state index contributed by atoms with van der Waals surface area (Å²) in [6.07, 6.45) is 10.9. The third kappa shape index (κ3) is 11.6. The van der Waals surface area contributed by atoms with Crippen molar-refractivity contribution in [2.45, 2.75) is 142 Å². The van der Waals surface area contributed by atoms with E-state index >= 15 is 0 Å². The van der Waals surface area contributed by atoms with Gasteiger partial charge in [-0.3, -0.25) is 19.2 Å². The summed E-state index contributed by atoms with van der Waals surface area (Å²) in [4.78, 5) is 60.0. The first-order valence-electron chi connectivity index (χ1n) is 17.3. The van der Waals surface area contributed by atoms with Gasteiger partial charge in [0.05, 0.1) is 23.2 Å². The second-order valence-corrected chi connectivity index (χ2v) is 15.8. The molecule has 0 radical (unpaired) electrons. The molecule has 1 aromatic heterocycles. The second kappa shape index (κ2) is 16.9. The quantitative estimate of drug-likeness (QED) is 0.315. The minimum atomic E-state index is -0.301. The lowest BCUT2D eigenvalue weighted by molar-refractivity contribution is -0.135. The molecule has 2 fully saturated rings. The van der Waals surface area contributed by atoms with E-state index in [1.165, 1.54) is 12.8 Å². The van der Waals surface area contributed by atoms with E-state index in [0.717, 1.165) is 67.2 Å². The van der Waals surface area contributed by atoms with Gasteiger partial charge in [-0.2, -0.15) is 0 Å². The Morgan fingerprint density at radius 3 is 2.44 bits per heavy atom. The molecule has 3 aliphatic heterocycles. The lowest BCUT2D eigenvalue weighted by atomic mass is 9.92. The molecule has 2 atom stereocenters. The van der Waals surface area contributed by atoms with Crippen LogP contribution in [0.3, 0.4) is 0 Å². The van der Waals surface area contributed by atoms with Crippen LogP contribution < -0.4 is 21.3 Å². The minimum Gasteiger partial charge on any atom is -0.356 e. The first-order valence-corrected chi connectivity index (χ1v) is 18.1. The Morgan fingerprint density at radius 2 is 1.73 bits per heavy atom. The molecule has 1 saturated heterocycles. The van der Waals surface area contributed by atoms with Crippen molar-refractivity contribution < 1.29 is 19.2 Å². The number of rotatable bonds is 8. The van der Waals surface area contributed by atoms with E-state index in [1.54, 1.807) is 11.3 Å². The summed E-state index contributed by atoms with van der Waals surface area (Å²) in [5.41, 5.74) is 0.745. The van der Waals surface area contributed by atoms with Gasteiger partial charge in [0.15, 0.2) is 0 Å². The van der Waals surface area contributed by atoms with Gasteiger partial charge < -0.3 is 26.2 Å². The van der Waals surface area contributed by atoms with Crippen LogP contribution in [-0.2, 0) is 25.6 Å². The maximum Gasteiger partial charge on any atom is 0.239 e. The molecule has 4 heterocycles. The molecule has 252 valence electrons. The van der Waals surface area contributed by atoms with Crippen molar-refractivity contribution in [3.8, 4) is 0 Å². The molecule has 10 nitrogen and oxygen atoms in total. The first kappa shape index (κ1) is 35.3. The van der Waals surface area contributed by atoms with Crippen LogP contribution in [0, 0.1) is 12.3 Å². The number of amides is 4. The van der Waals surface area contributed by atoms with Gasteiger partial charge in [-0.05, 0) is 70.1 Å². The molecule has 4 amide bonds. The summed E-state index contributed by atoms with van der Waals surface area (Å²) in [7, 11) is 0. The van der Waals surface area contributed by atoms with Crippen molar-refractivity contribution in [1.82, 2.24) is 31.2 Å². The molecule has 5 rings (SSSR count). The fourth-order valence-corrected chi connectivity index (χ4v) is 7.89. The average Bonchev–Trinajstić information content (AvgIpc) is 3.62. The average molecular weight is 645 g/mol. The number of aryl methyl sites for hydroxylation is 1. The largest absolute Gasteiger partial charge is 0.356 e. The fraction of sp³-hybridized carbons (Fsp3) is 0.794. The molecular formula is C34H56N6O4S. The molecule has 0 aromatic carbocycles. The predicted molar refractivity (Wildman–Crippen MR) is 178 cm³/mol. The van der Waals surface area contributed by atoms with Gasteiger partial charge in [0.2, 0.25) is 23.6 Å². The summed E-state index contributed by atoms with van der Waals surface area (Å²) in [6, 6.07) is -0.140. The van der Waals surface area contributed by atoms with Crippen LogP contribution in [0.4, 0.5) is 0 Å². The van der Waals surface area contributed by atoms with Crippen LogP contribution in [0.2, 0.25) is 0 Å². The van der Waals surface area contributed by atoms with Crippen molar-refractivity contribution in [3.63, 3.8) is 0 Å². The Kier molecular flexibility index (Phi) is 13.2. The standard InChI is InChI=1S/C34H56N6O4S/c1-23-28-21-30(42)38-26(12-7-8-16-36-31(43)22-34(2,3)4)20-29(41)35-17-9-13-27(37-25-10-5-6-11-25)33(44)40-18-14-24(15-19-40)32(39-28)45-23/h24-27,37H,5-22H2,1-4H3,(H,35,41)(H,36,43)(H,38,42)/t26-,27-/m0/s1. The molecule has 0 spiro atoms.